The van der Waals surface area contributed by atoms with E-state index >= 15 is 0 Å². The Hall–Kier alpha value is -1.89. The monoisotopic (exact) mass is 483 g/mol. The largest absolute Gasteiger partial charge is 0.337 e. The van der Waals surface area contributed by atoms with Crippen molar-refractivity contribution in [2.75, 3.05) is 18.5 Å². The molecule has 4 nitrogen and oxygen atoms in total. The van der Waals surface area contributed by atoms with Crippen molar-refractivity contribution in [1.29, 1.82) is 0 Å². The molecule has 7 heteroatoms. The average Bonchev–Trinajstić information content (AvgIpc) is 3.31. The molecule has 2 heterocycles. The highest BCUT2D eigenvalue weighted by Gasteiger charge is 2.42. The molecule has 3 aliphatic rings. The van der Waals surface area contributed by atoms with Crippen LogP contribution >= 0.6 is 35.1 Å². The number of halogens is 1. The van der Waals surface area contributed by atoms with Gasteiger partial charge in [-0.3, -0.25) is 14.7 Å². The second-order valence-electron chi connectivity index (χ2n) is 8.38. The van der Waals surface area contributed by atoms with E-state index in [0.29, 0.717) is 11.6 Å². The standard InChI is InChI=1S/C25H26ClN3OS2/c1-28-20-16-18(26)12-13-21(20)31-24(28)22-23(30)29(19-10-6-3-7-11-19)25(32-22)27-15-14-17-8-4-2-5-9-17/h2,4-5,8-9,12-13,16,19H,3,6-7,10-11,14-15H2,1H3. The summed E-state index contributed by atoms with van der Waals surface area (Å²) < 4.78 is 0. The maximum Gasteiger partial charge on any atom is 0.269 e. The van der Waals surface area contributed by atoms with E-state index in [2.05, 4.69) is 29.2 Å². The first-order valence-electron chi connectivity index (χ1n) is 11.2. The minimum Gasteiger partial charge on any atom is -0.337 e. The molecule has 0 unspecified atom stereocenters. The smallest absolute Gasteiger partial charge is 0.269 e. The molecule has 2 aliphatic heterocycles. The maximum absolute atomic E-state index is 13.7. The zero-order valence-corrected chi connectivity index (χ0v) is 20.5. The summed E-state index contributed by atoms with van der Waals surface area (Å²) in [6, 6.07) is 16.6. The molecule has 0 bridgehead atoms. The number of carbonyl (C=O) groups is 1. The molecule has 2 aromatic rings. The first-order valence-corrected chi connectivity index (χ1v) is 13.2. The van der Waals surface area contributed by atoms with Crippen LogP contribution in [0.4, 0.5) is 5.69 Å². The Kier molecular flexibility index (Phi) is 6.54. The molecular formula is C25H26ClN3OS2. The minimum atomic E-state index is 0.105. The van der Waals surface area contributed by atoms with Gasteiger partial charge in [0.2, 0.25) is 0 Å². The summed E-state index contributed by atoms with van der Waals surface area (Å²) in [6.07, 6.45) is 6.62. The number of amides is 1. The number of fused-ring (bicyclic) bond motifs is 1. The third-order valence-corrected chi connectivity index (χ3v) is 8.91. The number of hydrogen-bond donors (Lipinski definition) is 0. The van der Waals surface area contributed by atoms with Gasteiger partial charge >= 0.3 is 0 Å². The molecule has 0 atom stereocenters. The molecule has 0 spiro atoms. The summed E-state index contributed by atoms with van der Waals surface area (Å²) in [6.45, 7) is 0.685. The van der Waals surface area contributed by atoms with E-state index in [0.717, 1.165) is 44.9 Å². The number of thioether (sulfide) groups is 2. The van der Waals surface area contributed by atoms with Gasteiger partial charge in [-0.25, -0.2) is 0 Å². The molecule has 2 fully saturated rings. The van der Waals surface area contributed by atoms with Crippen molar-refractivity contribution in [3.05, 3.63) is 69.1 Å². The van der Waals surface area contributed by atoms with E-state index in [4.69, 9.17) is 16.6 Å². The zero-order valence-electron chi connectivity index (χ0n) is 18.1. The van der Waals surface area contributed by atoms with Crippen molar-refractivity contribution in [1.82, 2.24) is 4.90 Å². The number of benzene rings is 2. The van der Waals surface area contributed by atoms with Crippen molar-refractivity contribution >= 4 is 51.9 Å². The number of rotatable bonds is 4. The van der Waals surface area contributed by atoms with Crippen molar-refractivity contribution < 1.29 is 4.79 Å². The highest BCUT2D eigenvalue weighted by Crippen LogP contribution is 2.51. The predicted molar refractivity (Wildman–Crippen MR) is 136 cm³/mol. The molecule has 166 valence electrons. The lowest BCUT2D eigenvalue weighted by Crippen LogP contribution is -2.40. The Balaban J connectivity index is 1.44. The van der Waals surface area contributed by atoms with Crippen molar-refractivity contribution in [3.8, 4) is 0 Å². The Morgan fingerprint density at radius 2 is 1.84 bits per heavy atom. The summed E-state index contributed by atoms with van der Waals surface area (Å²) in [5, 5.41) is 2.55. The quantitative estimate of drug-likeness (QED) is 0.461. The van der Waals surface area contributed by atoms with Crippen LogP contribution in [0, 0.1) is 0 Å². The van der Waals surface area contributed by atoms with Gasteiger partial charge in [0.1, 0.15) is 4.91 Å². The number of aliphatic imine (C=N–C) groups is 1. The number of amidine groups is 1. The number of hydrogen-bond acceptors (Lipinski definition) is 5. The summed E-state index contributed by atoms with van der Waals surface area (Å²) in [5.74, 6) is 0.105. The van der Waals surface area contributed by atoms with Crippen molar-refractivity contribution in [3.63, 3.8) is 0 Å². The first kappa shape index (κ1) is 21.9. The summed E-state index contributed by atoms with van der Waals surface area (Å²) in [4.78, 5) is 24.7. The molecule has 0 radical (unpaired) electrons. The van der Waals surface area contributed by atoms with Gasteiger partial charge in [0.15, 0.2) is 5.17 Å². The van der Waals surface area contributed by atoms with Gasteiger partial charge in [0, 0.05) is 29.6 Å². The first-order chi connectivity index (χ1) is 15.6. The second kappa shape index (κ2) is 9.54. The molecule has 1 saturated carbocycles. The lowest BCUT2D eigenvalue weighted by Gasteiger charge is -2.30. The highest BCUT2D eigenvalue weighted by molar-refractivity contribution is 8.19. The van der Waals surface area contributed by atoms with Gasteiger partial charge in [-0.05, 0) is 54.8 Å². The molecule has 0 aromatic heterocycles. The van der Waals surface area contributed by atoms with E-state index < -0.39 is 0 Å². The number of nitrogens with zero attached hydrogens (tertiary/aromatic N) is 3. The van der Waals surface area contributed by atoms with Gasteiger partial charge in [0.25, 0.3) is 5.91 Å². The molecule has 5 rings (SSSR count). The number of carbonyl (C=O) groups excluding carboxylic acids is 1. The fraction of sp³-hybridized carbons (Fsp3) is 0.360. The fourth-order valence-corrected chi connectivity index (χ4v) is 7.09. The molecule has 2 aromatic carbocycles. The van der Waals surface area contributed by atoms with Crippen LogP contribution in [-0.4, -0.2) is 35.6 Å². The number of anilines is 1. The summed E-state index contributed by atoms with van der Waals surface area (Å²) >= 11 is 9.42. The van der Waals surface area contributed by atoms with E-state index in [9.17, 15) is 4.79 Å². The molecule has 1 amide bonds. The third-order valence-electron chi connectivity index (χ3n) is 6.23. The molecule has 0 N–H and O–H groups in total. The molecule has 32 heavy (non-hydrogen) atoms. The van der Waals surface area contributed by atoms with E-state index in [1.165, 1.54) is 24.8 Å². The average molecular weight is 484 g/mol. The SMILES string of the molecule is CN1C(=C2SC(=NCCc3ccccc3)N(C3CCCCC3)C2=O)Sc2ccc(Cl)cc21. The topological polar surface area (TPSA) is 35.9 Å². The maximum atomic E-state index is 13.7. The minimum absolute atomic E-state index is 0.105. The Bertz CT molecular complexity index is 1080. The lowest BCUT2D eigenvalue weighted by molar-refractivity contribution is -0.124. The van der Waals surface area contributed by atoms with Crippen molar-refractivity contribution in [2.45, 2.75) is 49.5 Å². The van der Waals surface area contributed by atoms with Crippen LogP contribution in [0.3, 0.4) is 0 Å². The van der Waals surface area contributed by atoms with E-state index in [1.807, 2.05) is 36.2 Å². The van der Waals surface area contributed by atoms with Crippen LogP contribution < -0.4 is 4.90 Å². The normalized spacial score (nSPS) is 22.8. The Labute approximate surface area is 203 Å². The van der Waals surface area contributed by atoms with Crippen LogP contribution in [-0.2, 0) is 11.2 Å². The second-order valence-corrected chi connectivity index (χ2v) is 10.8. The zero-order chi connectivity index (χ0) is 22.1. The van der Waals surface area contributed by atoms with Crippen molar-refractivity contribution in [2.24, 2.45) is 4.99 Å². The van der Waals surface area contributed by atoms with Gasteiger partial charge in [-0.15, -0.1) is 0 Å². The van der Waals surface area contributed by atoms with Crippen LogP contribution in [0.2, 0.25) is 5.02 Å². The fourth-order valence-electron chi connectivity index (χ4n) is 4.53. The summed E-state index contributed by atoms with van der Waals surface area (Å²) in [7, 11) is 2.01. The molecular weight excluding hydrogens is 458 g/mol. The van der Waals surface area contributed by atoms with Gasteiger partial charge in [-0.1, -0.05) is 73.0 Å². The summed E-state index contributed by atoms with van der Waals surface area (Å²) in [5.41, 5.74) is 2.32. The molecule has 1 saturated heterocycles. The third kappa shape index (κ3) is 4.33. The van der Waals surface area contributed by atoms with Crippen LogP contribution in [0.25, 0.3) is 0 Å². The van der Waals surface area contributed by atoms with Gasteiger partial charge < -0.3 is 4.90 Å². The van der Waals surface area contributed by atoms with Crippen LogP contribution in [0.5, 0.6) is 0 Å². The van der Waals surface area contributed by atoms with Gasteiger partial charge in [-0.2, -0.15) is 0 Å². The molecule has 1 aliphatic carbocycles. The lowest BCUT2D eigenvalue weighted by atomic mass is 9.94. The van der Waals surface area contributed by atoms with E-state index in [1.54, 1.807) is 23.5 Å². The van der Waals surface area contributed by atoms with Crippen LogP contribution in [0.15, 0.2) is 68.4 Å². The van der Waals surface area contributed by atoms with Gasteiger partial charge in [0.05, 0.1) is 10.7 Å². The Morgan fingerprint density at radius 1 is 1.06 bits per heavy atom. The Morgan fingerprint density at radius 3 is 2.62 bits per heavy atom. The highest BCUT2D eigenvalue weighted by atomic mass is 35.5. The van der Waals surface area contributed by atoms with Crippen LogP contribution in [0.1, 0.15) is 37.7 Å². The van der Waals surface area contributed by atoms with E-state index in [-0.39, 0.29) is 11.9 Å². The predicted octanol–water partition coefficient (Wildman–Crippen LogP) is 6.56.